The second kappa shape index (κ2) is 6.90. The molecule has 4 nitrogen and oxygen atoms in total. The summed E-state index contributed by atoms with van der Waals surface area (Å²) in [6.07, 6.45) is 0.105. The van der Waals surface area contributed by atoms with E-state index in [4.69, 9.17) is 11.6 Å². The van der Waals surface area contributed by atoms with E-state index in [1.165, 1.54) is 0 Å². The minimum atomic E-state index is -0.359. The fourth-order valence-electron chi connectivity index (χ4n) is 1.76. The van der Waals surface area contributed by atoms with Crippen LogP contribution in [0.3, 0.4) is 0 Å². The number of hydrogen-bond donors (Lipinski definition) is 2. The fraction of sp³-hybridized carbons (Fsp3) is 0.125. The van der Waals surface area contributed by atoms with Crippen molar-refractivity contribution in [3.8, 4) is 0 Å². The molecule has 21 heavy (non-hydrogen) atoms. The van der Waals surface area contributed by atoms with Gasteiger partial charge in [-0.1, -0.05) is 47.5 Å². The van der Waals surface area contributed by atoms with Gasteiger partial charge in [0.15, 0.2) is 0 Å². The first kappa shape index (κ1) is 15.1. The van der Waals surface area contributed by atoms with Gasteiger partial charge in [-0.25, -0.2) is 0 Å². The molecule has 0 saturated heterocycles. The first-order valence-corrected chi connectivity index (χ1v) is 6.83. The molecule has 0 aromatic heterocycles. The van der Waals surface area contributed by atoms with E-state index in [0.717, 1.165) is 5.56 Å². The van der Waals surface area contributed by atoms with Crippen molar-refractivity contribution in [1.82, 2.24) is 10.9 Å². The Morgan fingerprint density at radius 2 is 1.67 bits per heavy atom. The third-order valence-electron chi connectivity index (χ3n) is 2.94. The zero-order valence-electron chi connectivity index (χ0n) is 11.5. The summed E-state index contributed by atoms with van der Waals surface area (Å²) in [7, 11) is 0. The van der Waals surface area contributed by atoms with Crippen LogP contribution in [-0.4, -0.2) is 11.8 Å². The molecule has 0 aliphatic carbocycles. The summed E-state index contributed by atoms with van der Waals surface area (Å²) in [4.78, 5) is 23.6. The van der Waals surface area contributed by atoms with Crippen LogP contribution in [0.1, 0.15) is 21.5 Å². The number of carbonyl (C=O) groups excluding carboxylic acids is 2. The molecule has 0 aliphatic heterocycles. The van der Waals surface area contributed by atoms with Crippen molar-refractivity contribution < 1.29 is 9.59 Å². The van der Waals surface area contributed by atoms with Crippen LogP contribution in [0, 0.1) is 6.92 Å². The van der Waals surface area contributed by atoms with E-state index in [-0.39, 0.29) is 18.2 Å². The molecular formula is C16H15ClN2O2. The highest BCUT2D eigenvalue weighted by Gasteiger charge is 2.09. The van der Waals surface area contributed by atoms with Gasteiger partial charge in [0.05, 0.1) is 6.42 Å². The molecule has 0 atom stereocenters. The summed E-state index contributed by atoms with van der Waals surface area (Å²) in [5.41, 5.74) is 7.01. The van der Waals surface area contributed by atoms with E-state index < -0.39 is 0 Å². The van der Waals surface area contributed by atoms with Crippen molar-refractivity contribution in [3.63, 3.8) is 0 Å². The molecule has 2 aromatic carbocycles. The van der Waals surface area contributed by atoms with Gasteiger partial charge in [-0.3, -0.25) is 20.4 Å². The number of aryl methyl sites for hydroxylation is 1. The topological polar surface area (TPSA) is 58.2 Å². The van der Waals surface area contributed by atoms with Gasteiger partial charge >= 0.3 is 0 Å². The molecule has 2 amide bonds. The van der Waals surface area contributed by atoms with E-state index in [1.807, 2.05) is 19.1 Å². The van der Waals surface area contributed by atoms with E-state index >= 15 is 0 Å². The monoisotopic (exact) mass is 302 g/mol. The quantitative estimate of drug-likeness (QED) is 0.856. The molecule has 2 aromatic rings. The summed E-state index contributed by atoms with van der Waals surface area (Å²) in [6, 6.07) is 14.2. The maximum absolute atomic E-state index is 11.8. The van der Waals surface area contributed by atoms with Crippen LogP contribution < -0.4 is 10.9 Å². The Morgan fingerprint density at radius 1 is 1.00 bits per heavy atom. The van der Waals surface area contributed by atoms with E-state index in [9.17, 15) is 9.59 Å². The Balaban J connectivity index is 1.88. The van der Waals surface area contributed by atoms with Crippen LogP contribution in [0.4, 0.5) is 0 Å². The van der Waals surface area contributed by atoms with Crippen LogP contribution in [0.2, 0.25) is 5.02 Å². The van der Waals surface area contributed by atoms with Crippen molar-refractivity contribution in [2.75, 3.05) is 0 Å². The molecule has 108 valence electrons. The molecule has 0 radical (unpaired) electrons. The van der Waals surface area contributed by atoms with Crippen molar-refractivity contribution >= 4 is 23.4 Å². The number of hydrazine groups is 1. The van der Waals surface area contributed by atoms with Crippen LogP contribution in [0.25, 0.3) is 0 Å². The highest BCUT2D eigenvalue weighted by Crippen LogP contribution is 2.15. The summed E-state index contributed by atoms with van der Waals surface area (Å²) in [5.74, 6) is -0.689. The van der Waals surface area contributed by atoms with Crippen molar-refractivity contribution in [2.24, 2.45) is 0 Å². The Kier molecular flexibility index (Phi) is 4.95. The normalized spacial score (nSPS) is 10.0. The molecule has 2 N–H and O–H groups in total. The summed E-state index contributed by atoms with van der Waals surface area (Å²) in [6.45, 7) is 1.94. The van der Waals surface area contributed by atoms with Crippen molar-refractivity contribution in [3.05, 3.63) is 70.2 Å². The number of amides is 2. The third kappa shape index (κ3) is 4.33. The minimum Gasteiger partial charge on any atom is -0.273 e. The van der Waals surface area contributed by atoms with E-state index in [0.29, 0.717) is 16.1 Å². The zero-order chi connectivity index (χ0) is 15.2. The predicted molar refractivity (Wildman–Crippen MR) is 81.9 cm³/mol. The van der Waals surface area contributed by atoms with Gasteiger partial charge in [0.25, 0.3) is 5.91 Å². The smallest absolute Gasteiger partial charge is 0.269 e. The van der Waals surface area contributed by atoms with E-state index in [2.05, 4.69) is 10.9 Å². The molecule has 5 heteroatoms. The lowest BCUT2D eigenvalue weighted by Gasteiger charge is -2.08. The molecule has 0 bridgehead atoms. The average molecular weight is 303 g/mol. The van der Waals surface area contributed by atoms with Crippen LogP contribution in [-0.2, 0) is 11.2 Å². The molecule has 0 heterocycles. The molecule has 0 fully saturated rings. The second-order valence-corrected chi connectivity index (χ2v) is 5.04. The molecule has 0 aliphatic rings. The first-order chi connectivity index (χ1) is 10.1. The first-order valence-electron chi connectivity index (χ1n) is 6.45. The van der Waals surface area contributed by atoms with Gasteiger partial charge in [0, 0.05) is 10.6 Å². The number of hydrogen-bond acceptors (Lipinski definition) is 2. The van der Waals surface area contributed by atoms with Gasteiger partial charge in [0.1, 0.15) is 0 Å². The largest absolute Gasteiger partial charge is 0.273 e. The standard InChI is InChI=1S/C16H15ClN2O2/c1-11-6-8-12(9-7-11)16(21)19-18-15(20)10-13-4-2-3-5-14(13)17/h2-9H,10H2,1H3,(H,18,20)(H,19,21). The second-order valence-electron chi connectivity index (χ2n) is 4.64. The molecule has 0 saturated carbocycles. The van der Waals surface area contributed by atoms with Crippen LogP contribution in [0.5, 0.6) is 0 Å². The lowest BCUT2D eigenvalue weighted by Crippen LogP contribution is -2.42. The van der Waals surface area contributed by atoms with Gasteiger partial charge in [-0.15, -0.1) is 0 Å². The minimum absolute atomic E-state index is 0.105. The fourth-order valence-corrected chi connectivity index (χ4v) is 1.97. The van der Waals surface area contributed by atoms with Crippen LogP contribution in [0.15, 0.2) is 48.5 Å². The predicted octanol–water partition coefficient (Wildman–Crippen LogP) is 2.65. The summed E-state index contributed by atoms with van der Waals surface area (Å²) < 4.78 is 0. The highest BCUT2D eigenvalue weighted by atomic mass is 35.5. The SMILES string of the molecule is Cc1ccc(C(=O)NNC(=O)Cc2ccccc2Cl)cc1. The van der Waals surface area contributed by atoms with Crippen LogP contribution >= 0.6 is 11.6 Å². The lowest BCUT2D eigenvalue weighted by atomic mass is 10.1. The maximum atomic E-state index is 11.8. The molecule has 0 unspecified atom stereocenters. The van der Waals surface area contributed by atoms with Gasteiger partial charge in [0.2, 0.25) is 5.91 Å². The summed E-state index contributed by atoms with van der Waals surface area (Å²) >= 11 is 5.97. The Bertz CT molecular complexity index is 654. The Morgan fingerprint density at radius 3 is 2.33 bits per heavy atom. The molecular weight excluding hydrogens is 288 g/mol. The van der Waals surface area contributed by atoms with Crippen molar-refractivity contribution in [2.45, 2.75) is 13.3 Å². The number of rotatable bonds is 3. The number of benzene rings is 2. The van der Waals surface area contributed by atoms with Gasteiger partial charge in [-0.2, -0.15) is 0 Å². The van der Waals surface area contributed by atoms with E-state index in [1.54, 1.807) is 36.4 Å². The van der Waals surface area contributed by atoms with Gasteiger partial charge < -0.3 is 0 Å². The average Bonchev–Trinajstić information content (AvgIpc) is 2.48. The zero-order valence-corrected chi connectivity index (χ0v) is 12.3. The number of nitrogens with one attached hydrogen (secondary N) is 2. The highest BCUT2D eigenvalue weighted by molar-refractivity contribution is 6.31. The molecule has 2 rings (SSSR count). The number of halogens is 1. The van der Waals surface area contributed by atoms with Gasteiger partial charge in [-0.05, 0) is 30.7 Å². The lowest BCUT2D eigenvalue weighted by molar-refractivity contribution is -0.121. The maximum Gasteiger partial charge on any atom is 0.269 e. The molecule has 0 spiro atoms. The number of carbonyl (C=O) groups is 2. The third-order valence-corrected chi connectivity index (χ3v) is 3.31. The Hall–Kier alpha value is -2.33. The Labute approximate surface area is 128 Å². The van der Waals surface area contributed by atoms with Crippen molar-refractivity contribution in [1.29, 1.82) is 0 Å². The summed E-state index contributed by atoms with van der Waals surface area (Å²) in [5, 5.41) is 0.525.